The maximum absolute atomic E-state index is 12.1. The molecule has 1 aliphatic heterocycles. The predicted molar refractivity (Wildman–Crippen MR) is 65.9 cm³/mol. The fraction of sp³-hybridized carbons (Fsp3) is 0.769. The molecule has 0 aromatic rings. The lowest BCUT2D eigenvalue weighted by atomic mass is 9.95. The van der Waals surface area contributed by atoms with Crippen LogP contribution in [0.1, 0.15) is 26.7 Å². The van der Waals surface area contributed by atoms with Crippen LogP contribution in [0.2, 0.25) is 0 Å². The lowest BCUT2D eigenvalue weighted by molar-refractivity contribution is -0.137. The van der Waals surface area contributed by atoms with Gasteiger partial charge in [-0.3, -0.25) is 9.69 Å². The summed E-state index contributed by atoms with van der Waals surface area (Å²) in [4.78, 5) is 16.2. The average Bonchev–Trinajstić information content (AvgIpc) is 2.28. The van der Waals surface area contributed by atoms with Gasteiger partial charge in [0.05, 0.1) is 6.54 Å². The highest BCUT2D eigenvalue weighted by Crippen LogP contribution is 2.19. The normalized spacial score (nSPS) is 18.4. The molecule has 1 aliphatic rings. The fourth-order valence-corrected chi connectivity index (χ4v) is 2.01. The maximum Gasteiger partial charge on any atom is 0.225 e. The van der Waals surface area contributed by atoms with E-state index in [9.17, 15) is 4.79 Å². The topological polar surface area (TPSA) is 23.6 Å². The van der Waals surface area contributed by atoms with Gasteiger partial charge in [0.25, 0.3) is 0 Å². The highest BCUT2D eigenvalue weighted by atomic mass is 16.2. The summed E-state index contributed by atoms with van der Waals surface area (Å²) in [7, 11) is 1.89. The van der Waals surface area contributed by atoms with E-state index < -0.39 is 0 Å². The molecule has 1 saturated heterocycles. The van der Waals surface area contributed by atoms with Gasteiger partial charge in [0.2, 0.25) is 5.91 Å². The second-order valence-corrected chi connectivity index (χ2v) is 4.80. The van der Waals surface area contributed by atoms with E-state index in [0.717, 1.165) is 25.9 Å². The summed E-state index contributed by atoms with van der Waals surface area (Å²) in [6.07, 6.45) is 7.16. The smallest absolute Gasteiger partial charge is 0.225 e. The van der Waals surface area contributed by atoms with Crippen molar-refractivity contribution < 1.29 is 4.79 Å². The first-order valence-electron chi connectivity index (χ1n) is 5.98. The highest BCUT2D eigenvalue weighted by molar-refractivity contribution is 5.78. The number of amides is 1. The van der Waals surface area contributed by atoms with Crippen molar-refractivity contribution in [2.24, 2.45) is 5.92 Å². The van der Waals surface area contributed by atoms with Gasteiger partial charge in [-0.1, -0.05) is 5.92 Å². The van der Waals surface area contributed by atoms with Crippen molar-refractivity contribution >= 4 is 5.91 Å². The third kappa shape index (κ3) is 3.24. The van der Waals surface area contributed by atoms with E-state index in [2.05, 4.69) is 10.8 Å². The number of likely N-dealkylation sites (tertiary alicyclic amines) is 1. The molecule has 0 N–H and O–H groups in total. The first kappa shape index (κ1) is 13.1. The summed E-state index contributed by atoms with van der Waals surface area (Å²) in [5.74, 6) is 3.14. The van der Waals surface area contributed by atoms with Gasteiger partial charge in [-0.05, 0) is 39.8 Å². The Bertz CT molecular complexity index is 272. The van der Waals surface area contributed by atoms with Gasteiger partial charge in [0, 0.05) is 19.0 Å². The Balaban J connectivity index is 2.42. The summed E-state index contributed by atoms with van der Waals surface area (Å²) in [5.41, 5.74) is 0. The molecule has 0 spiro atoms. The van der Waals surface area contributed by atoms with Crippen LogP contribution in [-0.2, 0) is 4.79 Å². The molecule has 0 atom stereocenters. The van der Waals surface area contributed by atoms with E-state index in [4.69, 9.17) is 6.42 Å². The van der Waals surface area contributed by atoms with Crippen LogP contribution >= 0.6 is 0 Å². The number of carbonyl (C=O) groups is 1. The Hall–Kier alpha value is -1.01. The van der Waals surface area contributed by atoms with Crippen LogP contribution in [0.4, 0.5) is 0 Å². The molecule has 3 heteroatoms. The molecule has 1 rings (SSSR count). The van der Waals surface area contributed by atoms with Crippen molar-refractivity contribution in [2.75, 3.05) is 26.7 Å². The van der Waals surface area contributed by atoms with Gasteiger partial charge >= 0.3 is 0 Å². The van der Waals surface area contributed by atoms with Crippen molar-refractivity contribution in [3.05, 3.63) is 0 Å². The number of terminal acetylenes is 1. The van der Waals surface area contributed by atoms with Crippen molar-refractivity contribution in [2.45, 2.75) is 32.7 Å². The van der Waals surface area contributed by atoms with Gasteiger partial charge in [-0.15, -0.1) is 6.42 Å². The van der Waals surface area contributed by atoms with Crippen molar-refractivity contribution in [3.63, 3.8) is 0 Å². The molecule has 3 nitrogen and oxygen atoms in total. The summed E-state index contributed by atoms with van der Waals surface area (Å²) in [6, 6.07) is 0.288. The van der Waals surface area contributed by atoms with E-state index >= 15 is 0 Å². The molecule has 0 radical (unpaired) electrons. The van der Waals surface area contributed by atoms with Crippen LogP contribution in [-0.4, -0.2) is 48.4 Å². The van der Waals surface area contributed by atoms with Crippen LogP contribution in [0.25, 0.3) is 0 Å². The zero-order valence-corrected chi connectivity index (χ0v) is 10.6. The molecule has 0 aromatic carbocycles. The summed E-state index contributed by atoms with van der Waals surface area (Å²) in [5, 5.41) is 0. The monoisotopic (exact) mass is 222 g/mol. The second-order valence-electron chi connectivity index (χ2n) is 4.80. The number of hydrogen-bond donors (Lipinski definition) is 0. The fourth-order valence-electron chi connectivity index (χ4n) is 2.01. The van der Waals surface area contributed by atoms with Gasteiger partial charge in [-0.2, -0.15) is 0 Å². The second kappa shape index (κ2) is 5.91. The molecular formula is C13H22N2O. The Morgan fingerprint density at radius 2 is 2.06 bits per heavy atom. The molecule has 0 unspecified atom stereocenters. The summed E-state index contributed by atoms with van der Waals surface area (Å²) < 4.78 is 0. The Morgan fingerprint density at radius 3 is 2.50 bits per heavy atom. The van der Waals surface area contributed by atoms with Gasteiger partial charge in [-0.25, -0.2) is 0 Å². The number of rotatable bonds is 3. The minimum absolute atomic E-state index is 0.196. The van der Waals surface area contributed by atoms with E-state index in [0.29, 0.717) is 6.54 Å². The molecule has 90 valence electrons. The third-order valence-electron chi connectivity index (χ3n) is 3.37. The highest BCUT2D eigenvalue weighted by Gasteiger charge is 2.27. The Kier molecular flexibility index (Phi) is 4.82. The SMILES string of the molecule is C#CCN1CCC(C(=O)N(C)C(C)C)CC1. The number of nitrogens with zero attached hydrogens (tertiary/aromatic N) is 2. The molecule has 0 aliphatic carbocycles. The minimum Gasteiger partial charge on any atom is -0.343 e. The minimum atomic E-state index is 0.196. The molecule has 16 heavy (non-hydrogen) atoms. The van der Waals surface area contributed by atoms with Crippen molar-refractivity contribution in [3.8, 4) is 12.3 Å². The zero-order chi connectivity index (χ0) is 12.1. The largest absolute Gasteiger partial charge is 0.343 e. The first-order chi connectivity index (χ1) is 7.56. The first-order valence-corrected chi connectivity index (χ1v) is 5.98. The maximum atomic E-state index is 12.1. The van der Waals surface area contributed by atoms with Crippen LogP contribution in [0.3, 0.4) is 0 Å². The number of carbonyl (C=O) groups excluding carboxylic acids is 1. The van der Waals surface area contributed by atoms with E-state index in [-0.39, 0.29) is 17.9 Å². The van der Waals surface area contributed by atoms with E-state index in [1.54, 1.807) is 0 Å². The van der Waals surface area contributed by atoms with Crippen LogP contribution in [0, 0.1) is 18.3 Å². The predicted octanol–water partition coefficient (Wildman–Crippen LogP) is 1.20. The standard InChI is InChI=1S/C13H22N2O/c1-5-8-15-9-6-12(7-10-15)13(16)14(4)11(2)3/h1,11-12H,6-10H2,2-4H3. The van der Waals surface area contributed by atoms with E-state index in [1.807, 2.05) is 25.8 Å². The van der Waals surface area contributed by atoms with Gasteiger partial charge in [0.15, 0.2) is 0 Å². The third-order valence-corrected chi connectivity index (χ3v) is 3.37. The quantitative estimate of drug-likeness (QED) is 0.670. The molecule has 0 bridgehead atoms. The van der Waals surface area contributed by atoms with Crippen molar-refractivity contribution in [1.82, 2.24) is 9.80 Å². The lowest BCUT2D eigenvalue weighted by Crippen LogP contribution is -2.43. The van der Waals surface area contributed by atoms with Gasteiger partial charge < -0.3 is 4.90 Å². The Morgan fingerprint density at radius 1 is 1.50 bits per heavy atom. The molecular weight excluding hydrogens is 200 g/mol. The molecule has 1 amide bonds. The van der Waals surface area contributed by atoms with Crippen LogP contribution in [0.15, 0.2) is 0 Å². The average molecular weight is 222 g/mol. The lowest BCUT2D eigenvalue weighted by Gasteiger charge is -2.33. The number of hydrogen-bond acceptors (Lipinski definition) is 2. The molecule has 1 heterocycles. The van der Waals surface area contributed by atoms with Crippen LogP contribution in [0.5, 0.6) is 0 Å². The molecule has 1 fully saturated rings. The molecule has 0 aromatic heterocycles. The van der Waals surface area contributed by atoms with Gasteiger partial charge in [0.1, 0.15) is 0 Å². The Labute approximate surface area is 98.8 Å². The number of piperidine rings is 1. The zero-order valence-electron chi connectivity index (χ0n) is 10.6. The summed E-state index contributed by atoms with van der Waals surface area (Å²) >= 11 is 0. The van der Waals surface area contributed by atoms with Crippen LogP contribution < -0.4 is 0 Å². The summed E-state index contributed by atoms with van der Waals surface area (Å²) in [6.45, 7) is 6.71. The molecule has 0 saturated carbocycles. The van der Waals surface area contributed by atoms with E-state index in [1.165, 1.54) is 0 Å². The van der Waals surface area contributed by atoms with Crippen molar-refractivity contribution in [1.29, 1.82) is 0 Å².